The van der Waals surface area contributed by atoms with E-state index in [1.54, 1.807) is 43.0 Å². The molecule has 1 saturated heterocycles. The third-order valence-electron chi connectivity index (χ3n) is 4.86. The Morgan fingerprint density at radius 2 is 2.10 bits per heavy atom. The van der Waals surface area contributed by atoms with Crippen molar-refractivity contribution in [3.05, 3.63) is 47.2 Å². The summed E-state index contributed by atoms with van der Waals surface area (Å²) < 4.78 is 44.4. The molecule has 2 aromatic rings. The lowest BCUT2D eigenvalue weighted by molar-refractivity contribution is -0.252. The standard InChI is InChI=1S/C21H23F3N4O2S/c1-11(25)5-18(31)15-7-17(20(26)29)27-16-6-13(3-4-14(15)16)9-28-8-12(2)30-19(10-28)21(22,23)24/h3-7,12,19,25,31H,8-10H2,1-2H3,(H2,26,29)/b18-5-,25-11?/t12-,19-/m1/s1. The number of fused-ring (bicyclic) bond motifs is 1. The third-order valence-corrected chi connectivity index (χ3v) is 5.23. The molecule has 0 spiro atoms. The Hall–Kier alpha value is -2.43. The fourth-order valence-corrected chi connectivity index (χ4v) is 3.98. The Labute approximate surface area is 183 Å². The minimum absolute atomic E-state index is 0.0411. The van der Waals surface area contributed by atoms with Crippen LogP contribution in [0, 0.1) is 5.41 Å². The van der Waals surface area contributed by atoms with Crippen molar-refractivity contribution in [1.82, 2.24) is 9.88 Å². The number of nitrogens with two attached hydrogens (primary N) is 1. The van der Waals surface area contributed by atoms with Gasteiger partial charge in [-0.1, -0.05) is 12.1 Å². The number of alkyl halides is 3. The molecular weight excluding hydrogens is 429 g/mol. The largest absolute Gasteiger partial charge is 0.415 e. The minimum atomic E-state index is -4.43. The fraction of sp³-hybridized carbons (Fsp3) is 0.381. The quantitative estimate of drug-likeness (QED) is 0.475. The molecule has 6 nitrogen and oxygen atoms in total. The molecule has 2 atom stereocenters. The van der Waals surface area contributed by atoms with Crippen LogP contribution in [0.4, 0.5) is 13.2 Å². The van der Waals surface area contributed by atoms with Crippen LogP contribution in [0.5, 0.6) is 0 Å². The third kappa shape index (κ3) is 5.63. The Bertz CT molecular complexity index is 1050. The first-order valence-corrected chi connectivity index (χ1v) is 10.0. The molecule has 2 heterocycles. The number of primary amides is 1. The van der Waals surface area contributed by atoms with Crippen LogP contribution in [0.25, 0.3) is 15.8 Å². The van der Waals surface area contributed by atoms with E-state index >= 15 is 0 Å². The number of amides is 1. The van der Waals surface area contributed by atoms with E-state index in [0.29, 0.717) is 27.9 Å². The van der Waals surface area contributed by atoms with Crippen LogP contribution >= 0.6 is 12.6 Å². The molecule has 3 N–H and O–H groups in total. The molecule has 1 amide bonds. The average molecular weight is 453 g/mol. The molecule has 1 fully saturated rings. The maximum Gasteiger partial charge on any atom is 0.415 e. The van der Waals surface area contributed by atoms with E-state index < -0.39 is 24.3 Å². The van der Waals surface area contributed by atoms with Gasteiger partial charge in [0.15, 0.2) is 6.10 Å². The number of aromatic nitrogens is 1. The zero-order valence-corrected chi connectivity index (χ0v) is 17.9. The molecule has 166 valence electrons. The van der Waals surface area contributed by atoms with Crippen LogP contribution < -0.4 is 5.73 Å². The van der Waals surface area contributed by atoms with Gasteiger partial charge in [-0.15, -0.1) is 12.6 Å². The molecule has 0 bridgehead atoms. The van der Waals surface area contributed by atoms with Gasteiger partial charge in [-0.3, -0.25) is 9.69 Å². The molecule has 10 heteroatoms. The molecule has 0 radical (unpaired) electrons. The number of hydrogen-bond acceptors (Lipinski definition) is 6. The number of carbonyl (C=O) groups excluding carboxylic acids is 1. The number of nitrogens with zero attached hydrogens (tertiary/aromatic N) is 2. The van der Waals surface area contributed by atoms with Gasteiger partial charge in [-0.25, -0.2) is 4.98 Å². The van der Waals surface area contributed by atoms with Gasteiger partial charge in [0.25, 0.3) is 5.91 Å². The zero-order chi connectivity index (χ0) is 22.9. The van der Waals surface area contributed by atoms with E-state index in [2.05, 4.69) is 17.6 Å². The molecule has 0 saturated carbocycles. The zero-order valence-electron chi connectivity index (χ0n) is 17.0. The van der Waals surface area contributed by atoms with Crippen molar-refractivity contribution in [3.8, 4) is 0 Å². The van der Waals surface area contributed by atoms with Crippen molar-refractivity contribution < 1.29 is 22.7 Å². The summed E-state index contributed by atoms with van der Waals surface area (Å²) in [7, 11) is 0. The summed E-state index contributed by atoms with van der Waals surface area (Å²) in [6.45, 7) is 3.60. The summed E-state index contributed by atoms with van der Waals surface area (Å²) in [5.41, 5.74) is 7.56. The van der Waals surface area contributed by atoms with Crippen LogP contribution in [0.15, 0.2) is 30.3 Å². The van der Waals surface area contributed by atoms with Gasteiger partial charge < -0.3 is 15.9 Å². The maximum atomic E-state index is 13.1. The molecule has 1 aliphatic rings. The average Bonchev–Trinajstić information content (AvgIpc) is 2.65. The number of ether oxygens (including phenoxy) is 1. The van der Waals surface area contributed by atoms with Crippen molar-refractivity contribution in [3.63, 3.8) is 0 Å². The van der Waals surface area contributed by atoms with Crippen LogP contribution in [-0.2, 0) is 11.3 Å². The number of rotatable bonds is 5. The second-order valence-corrected chi connectivity index (χ2v) is 8.14. The highest BCUT2D eigenvalue weighted by Crippen LogP contribution is 2.30. The smallest absolute Gasteiger partial charge is 0.364 e. The lowest BCUT2D eigenvalue weighted by Crippen LogP contribution is -2.51. The van der Waals surface area contributed by atoms with Gasteiger partial charge in [0.1, 0.15) is 5.69 Å². The Kier molecular flexibility index (Phi) is 6.73. The number of halogens is 3. The SMILES string of the molecule is CC(=N)/C=C(\S)c1cc(C(N)=O)nc2cc(CN3C[C@@H](C)O[C@@H](C(F)(F)F)C3)ccc12. The highest BCUT2D eigenvalue weighted by atomic mass is 32.1. The number of morpholine rings is 1. The van der Waals surface area contributed by atoms with E-state index in [9.17, 15) is 18.0 Å². The summed E-state index contributed by atoms with van der Waals surface area (Å²) in [5.74, 6) is -0.712. The first-order chi connectivity index (χ1) is 14.4. The summed E-state index contributed by atoms with van der Waals surface area (Å²) in [5, 5.41) is 8.34. The number of allylic oxidation sites excluding steroid dienone is 1. The van der Waals surface area contributed by atoms with Crippen LogP contribution in [0.3, 0.4) is 0 Å². The fourth-order valence-electron chi connectivity index (χ4n) is 3.60. The van der Waals surface area contributed by atoms with Gasteiger partial charge in [0.2, 0.25) is 0 Å². The van der Waals surface area contributed by atoms with Gasteiger partial charge in [-0.05, 0) is 43.2 Å². The first-order valence-electron chi connectivity index (χ1n) is 9.58. The van der Waals surface area contributed by atoms with Gasteiger partial charge in [0, 0.05) is 35.6 Å². The lowest BCUT2D eigenvalue weighted by Gasteiger charge is -2.37. The number of carbonyl (C=O) groups is 1. The van der Waals surface area contributed by atoms with Gasteiger partial charge in [-0.2, -0.15) is 13.2 Å². The second kappa shape index (κ2) is 8.97. The van der Waals surface area contributed by atoms with E-state index in [-0.39, 0.29) is 24.5 Å². The van der Waals surface area contributed by atoms with Crippen molar-refractivity contribution in [2.45, 2.75) is 38.8 Å². The summed E-state index contributed by atoms with van der Waals surface area (Å²) in [6.07, 6.45) is -5.26. The normalized spacial score (nSPS) is 20.8. The van der Waals surface area contributed by atoms with Crippen LogP contribution in [-0.4, -0.2) is 53.0 Å². The number of pyridine rings is 1. The van der Waals surface area contributed by atoms with E-state index in [1.165, 1.54) is 6.07 Å². The Morgan fingerprint density at radius 1 is 1.39 bits per heavy atom. The number of thiol groups is 1. The lowest BCUT2D eigenvalue weighted by atomic mass is 10.0. The molecule has 1 aromatic carbocycles. The second-order valence-electron chi connectivity index (χ2n) is 7.65. The predicted octanol–water partition coefficient (Wildman–Crippen LogP) is 3.80. The summed E-state index contributed by atoms with van der Waals surface area (Å²) in [4.78, 5) is 18.2. The number of hydrogen-bond donors (Lipinski definition) is 3. The van der Waals surface area contributed by atoms with E-state index in [4.69, 9.17) is 15.9 Å². The van der Waals surface area contributed by atoms with Crippen molar-refractivity contribution in [2.24, 2.45) is 5.73 Å². The first kappa shape index (κ1) is 23.2. The minimum Gasteiger partial charge on any atom is -0.364 e. The topological polar surface area (TPSA) is 92.3 Å². The van der Waals surface area contributed by atoms with Gasteiger partial charge in [0.05, 0.1) is 11.6 Å². The Balaban J connectivity index is 1.97. The molecule has 3 rings (SSSR count). The van der Waals surface area contributed by atoms with E-state index in [0.717, 1.165) is 5.56 Å². The molecular formula is C21H23F3N4O2S. The molecule has 0 aliphatic carbocycles. The van der Waals surface area contributed by atoms with Crippen molar-refractivity contribution in [1.29, 1.82) is 5.41 Å². The number of nitrogens with one attached hydrogen (secondary N) is 1. The predicted molar refractivity (Wildman–Crippen MR) is 116 cm³/mol. The number of benzene rings is 1. The Morgan fingerprint density at radius 3 is 2.71 bits per heavy atom. The van der Waals surface area contributed by atoms with Crippen molar-refractivity contribution in [2.75, 3.05) is 13.1 Å². The van der Waals surface area contributed by atoms with Crippen LogP contribution in [0.1, 0.15) is 35.5 Å². The highest BCUT2D eigenvalue weighted by Gasteiger charge is 2.44. The van der Waals surface area contributed by atoms with E-state index in [1.807, 2.05) is 0 Å². The molecule has 1 aliphatic heterocycles. The summed E-state index contributed by atoms with van der Waals surface area (Å²) >= 11 is 4.44. The maximum absolute atomic E-state index is 13.1. The molecule has 31 heavy (non-hydrogen) atoms. The van der Waals surface area contributed by atoms with Gasteiger partial charge >= 0.3 is 6.18 Å². The van der Waals surface area contributed by atoms with Crippen LogP contribution in [0.2, 0.25) is 0 Å². The summed E-state index contributed by atoms with van der Waals surface area (Å²) in [6, 6.07) is 6.83. The highest BCUT2D eigenvalue weighted by molar-refractivity contribution is 7.90. The monoisotopic (exact) mass is 452 g/mol. The molecule has 1 aromatic heterocycles. The van der Waals surface area contributed by atoms with Crippen molar-refractivity contribution >= 4 is 40.1 Å². The molecule has 0 unspecified atom stereocenters.